The third-order valence-electron chi connectivity index (χ3n) is 6.07. The van der Waals surface area contributed by atoms with E-state index in [0.29, 0.717) is 55.5 Å². The quantitative estimate of drug-likeness (QED) is 0.459. The minimum atomic E-state index is -3.77. The summed E-state index contributed by atoms with van der Waals surface area (Å²) in [4.78, 5) is 2.09. The molecular formula is C23H33N3O7S2. The van der Waals surface area contributed by atoms with Crippen molar-refractivity contribution in [2.45, 2.75) is 11.3 Å². The summed E-state index contributed by atoms with van der Waals surface area (Å²) in [6.45, 7) is 1.78. The Hall–Kier alpha value is -2.54. The van der Waals surface area contributed by atoms with Gasteiger partial charge in [-0.15, -0.1) is 0 Å². The Balaban J connectivity index is 1.77. The minimum Gasteiger partial charge on any atom is -0.495 e. The Morgan fingerprint density at radius 2 is 1.43 bits per heavy atom. The van der Waals surface area contributed by atoms with Crippen LogP contribution >= 0.6 is 0 Å². The summed E-state index contributed by atoms with van der Waals surface area (Å²) in [5, 5.41) is 0. The lowest BCUT2D eigenvalue weighted by Crippen LogP contribution is -2.48. The monoisotopic (exact) mass is 527 g/mol. The van der Waals surface area contributed by atoms with Gasteiger partial charge in [0.1, 0.15) is 5.75 Å². The summed E-state index contributed by atoms with van der Waals surface area (Å²) in [6.07, 6.45) is 1.68. The molecule has 0 amide bonds. The average molecular weight is 528 g/mol. The highest BCUT2D eigenvalue weighted by Gasteiger charge is 2.27. The number of methoxy groups -OCH3 is 3. The van der Waals surface area contributed by atoms with Gasteiger partial charge in [-0.25, -0.2) is 21.1 Å². The van der Waals surface area contributed by atoms with Gasteiger partial charge < -0.3 is 19.1 Å². The molecular weight excluding hydrogens is 494 g/mol. The predicted octanol–water partition coefficient (Wildman–Crippen LogP) is 1.66. The second-order valence-corrected chi connectivity index (χ2v) is 12.3. The zero-order valence-electron chi connectivity index (χ0n) is 20.7. The fraction of sp³-hybridized carbons (Fsp3) is 0.478. The van der Waals surface area contributed by atoms with E-state index in [9.17, 15) is 16.8 Å². The van der Waals surface area contributed by atoms with E-state index in [1.807, 2.05) is 17.0 Å². The highest BCUT2D eigenvalue weighted by Crippen LogP contribution is 2.33. The van der Waals surface area contributed by atoms with Crippen LogP contribution in [0.3, 0.4) is 0 Å². The third-order valence-corrected chi connectivity index (χ3v) is 9.23. The molecule has 0 N–H and O–H groups in total. The smallest absolute Gasteiger partial charge is 0.242 e. The second-order valence-electron chi connectivity index (χ2n) is 8.25. The molecule has 0 spiro atoms. The molecule has 2 aromatic rings. The molecule has 35 heavy (non-hydrogen) atoms. The van der Waals surface area contributed by atoms with Gasteiger partial charge >= 0.3 is 0 Å². The Bertz CT molecular complexity index is 1240. The molecule has 0 saturated carbocycles. The SMILES string of the molecule is COc1ccc(CCN(C)S(=O)(=O)c2ccc(OC)c(N3CCN(S(C)(=O)=O)CC3)c2)cc1OC. The van der Waals surface area contributed by atoms with Gasteiger partial charge in [0, 0.05) is 39.8 Å². The molecule has 0 bridgehead atoms. The number of piperazine rings is 1. The van der Waals surface area contributed by atoms with Crippen LogP contribution in [0, 0.1) is 0 Å². The third kappa shape index (κ3) is 6.18. The standard InChI is InChI=1S/C23H33N3O7S2/c1-24(11-10-18-6-8-22(32-3)23(16-18)33-4)35(29,30)19-7-9-21(31-2)20(17-19)25-12-14-26(15-13-25)34(5,27)28/h6-9,16-17H,10-15H2,1-5H3. The lowest BCUT2D eigenvalue weighted by Gasteiger charge is -2.35. The Morgan fingerprint density at radius 1 is 0.829 bits per heavy atom. The van der Waals surface area contributed by atoms with Crippen molar-refractivity contribution >= 4 is 25.7 Å². The van der Waals surface area contributed by atoms with Crippen molar-refractivity contribution in [1.82, 2.24) is 8.61 Å². The number of benzene rings is 2. The van der Waals surface area contributed by atoms with Crippen LogP contribution < -0.4 is 19.1 Å². The molecule has 194 valence electrons. The van der Waals surface area contributed by atoms with Gasteiger partial charge in [-0.1, -0.05) is 6.07 Å². The van der Waals surface area contributed by atoms with Crippen molar-refractivity contribution in [2.24, 2.45) is 0 Å². The fourth-order valence-electron chi connectivity index (χ4n) is 3.96. The Morgan fingerprint density at radius 3 is 2.00 bits per heavy atom. The molecule has 1 heterocycles. The first kappa shape index (κ1) is 27.1. The predicted molar refractivity (Wildman–Crippen MR) is 135 cm³/mol. The lowest BCUT2D eigenvalue weighted by molar-refractivity contribution is 0.354. The van der Waals surface area contributed by atoms with Gasteiger partial charge in [0.05, 0.1) is 38.2 Å². The molecule has 1 aliphatic rings. The number of rotatable bonds is 10. The van der Waals surface area contributed by atoms with E-state index in [1.54, 1.807) is 39.5 Å². The molecule has 0 unspecified atom stereocenters. The summed E-state index contributed by atoms with van der Waals surface area (Å²) in [5.74, 6) is 1.73. The molecule has 0 atom stereocenters. The molecule has 1 fully saturated rings. The molecule has 2 aromatic carbocycles. The van der Waals surface area contributed by atoms with Crippen LogP contribution in [0.25, 0.3) is 0 Å². The number of anilines is 1. The van der Waals surface area contributed by atoms with Gasteiger partial charge in [-0.2, -0.15) is 4.31 Å². The number of sulfonamides is 2. The van der Waals surface area contributed by atoms with E-state index in [4.69, 9.17) is 14.2 Å². The number of nitrogens with zero attached hydrogens (tertiary/aromatic N) is 3. The maximum atomic E-state index is 13.3. The summed E-state index contributed by atoms with van der Waals surface area (Å²) < 4.78 is 69.1. The van der Waals surface area contributed by atoms with E-state index in [2.05, 4.69) is 0 Å². The first-order valence-electron chi connectivity index (χ1n) is 11.1. The van der Waals surface area contributed by atoms with Gasteiger partial charge in [0.15, 0.2) is 11.5 Å². The minimum absolute atomic E-state index is 0.147. The molecule has 1 aliphatic heterocycles. The highest BCUT2D eigenvalue weighted by atomic mass is 32.2. The molecule has 0 aliphatic carbocycles. The molecule has 0 radical (unpaired) electrons. The van der Waals surface area contributed by atoms with Crippen LogP contribution in [-0.2, 0) is 26.5 Å². The second kappa shape index (κ2) is 11.0. The molecule has 10 nitrogen and oxygen atoms in total. The molecule has 0 aromatic heterocycles. The fourth-order valence-corrected chi connectivity index (χ4v) is 5.98. The summed E-state index contributed by atoms with van der Waals surface area (Å²) in [6, 6.07) is 10.3. The van der Waals surface area contributed by atoms with E-state index in [-0.39, 0.29) is 11.4 Å². The van der Waals surface area contributed by atoms with Crippen LogP contribution in [0.2, 0.25) is 0 Å². The number of ether oxygens (including phenoxy) is 3. The van der Waals surface area contributed by atoms with E-state index in [0.717, 1.165) is 5.56 Å². The lowest BCUT2D eigenvalue weighted by atomic mass is 10.1. The number of likely N-dealkylation sites (N-methyl/N-ethyl adjacent to an activating group) is 1. The van der Waals surface area contributed by atoms with Crippen LogP contribution in [0.15, 0.2) is 41.3 Å². The van der Waals surface area contributed by atoms with Crippen molar-refractivity contribution < 1.29 is 31.0 Å². The Kier molecular flexibility index (Phi) is 8.52. The van der Waals surface area contributed by atoms with E-state index < -0.39 is 20.0 Å². The Labute approximate surface area is 208 Å². The first-order chi connectivity index (χ1) is 16.5. The normalized spacial score (nSPS) is 15.3. The van der Waals surface area contributed by atoms with Crippen LogP contribution in [0.4, 0.5) is 5.69 Å². The largest absolute Gasteiger partial charge is 0.495 e. The summed E-state index contributed by atoms with van der Waals surface area (Å²) in [5.41, 5.74) is 1.54. The summed E-state index contributed by atoms with van der Waals surface area (Å²) in [7, 11) is -0.851. The zero-order valence-corrected chi connectivity index (χ0v) is 22.4. The van der Waals surface area contributed by atoms with Crippen LogP contribution in [0.5, 0.6) is 17.2 Å². The molecule has 12 heteroatoms. The van der Waals surface area contributed by atoms with Gasteiger partial charge in [0.25, 0.3) is 0 Å². The first-order valence-corrected chi connectivity index (χ1v) is 14.4. The van der Waals surface area contributed by atoms with Gasteiger partial charge in [0.2, 0.25) is 20.0 Å². The summed E-state index contributed by atoms with van der Waals surface area (Å²) >= 11 is 0. The van der Waals surface area contributed by atoms with Crippen molar-refractivity contribution in [1.29, 1.82) is 0 Å². The maximum Gasteiger partial charge on any atom is 0.242 e. The van der Waals surface area contributed by atoms with Crippen molar-refractivity contribution in [2.75, 3.05) is 72.3 Å². The van der Waals surface area contributed by atoms with Crippen molar-refractivity contribution in [3.8, 4) is 17.2 Å². The van der Waals surface area contributed by atoms with E-state index in [1.165, 1.54) is 28.0 Å². The van der Waals surface area contributed by atoms with Crippen molar-refractivity contribution in [3.05, 3.63) is 42.0 Å². The number of hydrogen-bond donors (Lipinski definition) is 0. The van der Waals surface area contributed by atoms with Crippen molar-refractivity contribution in [3.63, 3.8) is 0 Å². The van der Waals surface area contributed by atoms with Crippen LogP contribution in [0.1, 0.15) is 5.56 Å². The topological polar surface area (TPSA) is 106 Å². The zero-order chi connectivity index (χ0) is 25.8. The van der Waals surface area contributed by atoms with Gasteiger partial charge in [-0.3, -0.25) is 0 Å². The maximum absolute atomic E-state index is 13.3. The van der Waals surface area contributed by atoms with Gasteiger partial charge in [-0.05, 0) is 42.3 Å². The molecule has 3 rings (SSSR count). The van der Waals surface area contributed by atoms with E-state index >= 15 is 0 Å². The van der Waals surface area contributed by atoms with Crippen LogP contribution in [-0.4, -0.2) is 92.8 Å². The average Bonchev–Trinajstić information content (AvgIpc) is 2.86. The molecule has 1 saturated heterocycles. The number of hydrogen-bond acceptors (Lipinski definition) is 8. The highest BCUT2D eigenvalue weighted by molar-refractivity contribution is 7.89.